The summed E-state index contributed by atoms with van der Waals surface area (Å²) in [5.41, 5.74) is 0. The molecule has 1 saturated carbocycles. The third-order valence-corrected chi connectivity index (χ3v) is 3.79. The highest BCUT2D eigenvalue weighted by molar-refractivity contribution is 7.12. The van der Waals surface area contributed by atoms with Gasteiger partial charge in [-0.1, -0.05) is 12.8 Å². The number of ether oxygens (including phenoxy) is 1. The predicted molar refractivity (Wildman–Crippen MR) is 67.2 cm³/mol. The maximum atomic E-state index is 11.6. The third-order valence-electron chi connectivity index (χ3n) is 2.90. The maximum absolute atomic E-state index is 11.6. The Hall–Kier alpha value is -1.56. The van der Waals surface area contributed by atoms with E-state index in [9.17, 15) is 9.59 Å². The average molecular weight is 269 g/mol. The smallest absolute Gasteiger partial charge is 0.349 e. The van der Waals surface area contributed by atoms with Gasteiger partial charge in [0.1, 0.15) is 5.75 Å². The molecule has 6 heteroatoms. The number of carbonyl (C=O) groups excluding carboxylic acids is 1. The van der Waals surface area contributed by atoms with Crippen LogP contribution in [0.5, 0.6) is 5.75 Å². The molecule has 1 aliphatic rings. The number of carboxylic acid groups (broad SMARTS) is 1. The summed E-state index contributed by atoms with van der Waals surface area (Å²) in [6, 6.07) is 1.82. The van der Waals surface area contributed by atoms with E-state index in [2.05, 4.69) is 5.32 Å². The second-order valence-corrected chi connectivity index (χ2v) is 5.17. The summed E-state index contributed by atoms with van der Waals surface area (Å²) in [5, 5.41) is 13.4. The Bertz CT molecular complexity index is 437. The van der Waals surface area contributed by atoms with E-state index in [1.54, 1.807) is 11.4 Å². The van der Waals surface area contributed by atoms with Gasteiger partial charge in [0.2, 0.25) is 0 Å². The molecule has 0 aromatic carbocycles. The van der Waals surface area contributed by atoms with E-state index in [1.807, 2.05) is 0 Å². The molecule has 0 spiro atoms. The van der Waals surface area contributed by atoms with E-state index in [1.165, 1.54) is 0 Å². The molecule has 2 N–H and O–H groups in total. The van der Waals surface area contributed by atoms with Gasteiger partial charge in [-0.3, -0.25) is 4.79 Å². The van der Waals surface area contributed by atoms with Gasteiger partial charge in [0.05, 0.1) is 0 Å². The standard InChI is InChI=1S/C12H15NO4S/c14-10(13-8-3-1-2-4-8)7-17-9-5-6-18-11(9)12(15)16/h5-6,8H,1-4,7H2,(H,13,14)(H,15,16). The molecule has 0 bridgehead atoms. The topological polar surface area (TPSA) is 75.6 Å². The molecule has 1 aliphatic carbocycles. The van der Waals surface area contributed by atoms with Crippen LogP contribution in [0.15, 0.2) is 11.4 Å². The quantitative estimate of drug-likeness (QED) is 0.855. The highest BCUT2D eigenvalue weighted by Crippen LogP contribution is 2.24. The minimum Gasteiger partial charge on any atom is -0.482 e. The van der Waals surface area contributed by atoms with Gasteiger partial charge in [0.15, 0.2) is 11.5 Å². The lowest BCUT2D eigenvalue weighted by molar-refractivity contribution is -0.123. The number of hydrogen-bond donors (Lipinski definition) is 2. The van der Waals surface area contributed by atoms with E-state index in [0.717, 1.165) is 37.0 Å². The molecule has 0 radical (unpaired) electrons. The Morgan fingerprint density at radius 3 is 2.83 bits per heavy atom. The molecule has 1 fully saturated rings. The summed E-state index contributed by atoms with van der Waals surface area (Å²) in [5.74, 6) is -0.963. The van der Waals surface area contributed by atoms with Crippen LogP contribution >= 0.6 is 11.3 Å². The van der Waals surface area contributed by atoms with Crippen LogP contribution in [0.25, 0.3) is 0 Å². The van der Waals surface area contributed by atoms with Gasteiger partial charge in [-0.05, 0) is 24.3 Å². The first-order chi connectivity index (χ1) is 8.66. The summed E-state index contributed by atoms with van der Waals surface area (Å²) < 4.78 is 5.23. The molecular weight excluding hydrogens is 254 g/mol. The van der Waals surface area contributed by atoms with Crippen LogP contribution in [0, 0.1) is 0 Å². The van der Waals surface area contributed by atoms with Crippen molar-refractivity contribution in [2.75, 3.05) is 6.61 Å². The molecule has 18 heavy (non-hydrogen) atoms. The summed E-state index contributed by atoms with van der Waals surface area (Å²) >= 11 is 1.09. The summed E-state index contributed by atoms with van der Waals surface area (Å²) in [7, 11) is 0. The second-order valence-electron chi connectivity index (χ2n) is 4.26. The fourth-order valence-corrected chi connectivity index (χ4v) is 2.72. The van der Waals surface area contributed by atoms with Crippen LogP contribution in [-0.4, -0.2) is 29.6 Å². The normalized spacial score (nSPS) is 15.6. The fourth-order valence-electron chi connectivity index (χ4n) is 2.05. The number of carbonyl (C=O) groups is 2. The van der Waals surface area contributed by atoms with E-state index in [-0.39, 0.29) is 29.2 Å². The second kappa shape index (κ2) is 5.86. The van der Waals surface area contributed by atoms with Gasteiger partial charge >= 0.3 is 5.97 Å². The first-order valence-corrected chi connectivity index (χ1v) is 6.77. The Balaban J connectivity index is 1.81. The van der Waals surface area contributed by atoms with Crippen molar-refractivity contribution in [3.8, 4) is 5.75 Å². The van der Waals surface area contributed by atoms with E-state index in [4.69, 9.17) is 9.84 Å². The van der Waals surface area contributed by atoms with Gasteiger partial charge in [-0.15, -0.1) is 11.3 Å². The number of hydrogen-bond acceptors (Lipinski definition) is 4. The molecule has 1 amide bonds. The van der Waals surface area contributed by atoms with Crippen molar-refractivity contribution in [3.63, 3.8) is 0 Å². The van der Waals surface area contributed by atoms with Crippen LogP contribution in [0.4, 0.5) is 0 Å². The highest BCUT2D eigenvalue weighted by atomic mass is 32.1. The monoisotopic (exact) mass is 269 g/mol. The molecule has 5 nitrogen and oxygen atoms in total. The average Bonchev–Trinajstić information content (AvgIpc) is 2.96. The van der Waals surface area contributed by atoms with Gasteiger partial charge in [0.25, 0.3) is 5.91 Å². The zero-order valence-corrected chi connectivity index (χ0v) is 10.7. The van der Waals surface area contributed by atoms with Crippen LogP contribution in [-0.2, 0) is 4.79 Å². The molecule has 98 valence electrons. The van der Waals surface area contributed by atoms with Crippen molar-refractivity contribution in [2.45, 2.75) is 31.7 Å². The number of amides is 1. The minimum absolute atomic E-state index is 0.128. The molecule has 0 atom stereocenters. The van der Waals surface area contributed by atoms with Crippen molar-refractivity contribution >= 4 is 23.2 Å². The van der Waals surface area contributed by atoms with Crippen molar-refractivity contribution in [1.82, 2.24) is 5.32 Å². The number of carboxylic acids is 1. The van der Waals surface area contributed by atoms with Crippen molar-refractivity contribution in [3.05, 3.63) is 16.3 Å². The highest BCUT2D eigenvalue weighted by Gasteiger charge is 2.18. The van der Waals surface area contributed by atoms with Crippen molar-refractivity contribution < 1.29 is 19.4 Å². The number of nitrogens with one attached hydrogen (secondary N) is 1. The Kier molecular flexibility index (Phi) is 4.19. The first-order valence-electron chi connectivity index (χ1n) is 5.90. The third kappa shape index (κ3) is 3.22. The number of aromatic carboxylic acids is 1. The van der Waals surface area contributed by atoms with Crippen LogP contribution in [0.3, 0.4) is 0 Å². The van der Waals surface area contributed by atoms with Crippen LogP contribution < -0.4 is 10.1 Å². The molecule has 0 saturated heterocycles. The van der Waals surface area contributed by atoms with Crippen LogP contribution in [0.1, 0.15) is 35.4 Å². The largest absolute Gasteiger partial charge is 0.482 e. The lowest BCUT2D eigenvalue weighted by atomic mass is 10.2. The zero-order valence-electron chi connectivity index (χ0n) is 9.85. The molecule has 1 aromatic rings. The van der Waals surface area contributed by atoms with E-state index < -0.39 is 5.97 Å². The van der Waals surface area contributed by atoms with Crippen molar-refractivity contribution in [2.24, 2.45) is 0 Å². The SMILES string of the molecule is O=C(COc1ccsc1C(=O)O)NC1CCCC1. The molecule has 2 rings (SSSR count). The number of rotatable bonds is 5. The summed E-state index contributed by atoms with van der Waals surface area (Å²) in [4.78, 5) is 22.6. The lowest BCUT2D eigenvalue weighted by Gasteiger charge is -2.12. The molecule has 1 aromatic heterocycles. The minimum atomic E-state index is -1.03. The zero-order chi connectivity index (χ0) is 13.0. The molecule has 0 aliphatic heterocycles. The van der Waals surface area contributed by atoms with Gasteiger partial charge in [-0.2, -0.15) is 0 Å². The molecular formula is C12H15NO4S. The van der Waals surface area contributed by atoms with Gasteiger partial charge in [0, 0.05) is 6.04 Å². The van der Waals surface area contributed by atoms with Gasteiger partial charge in [-0.25, -0.2) is 4.79 Å². The summed E-state index contributed by atoms with van der Waals surface area (Å²) in [6.45, 7) is -0.131. The van der Waals surface area contributed by atoms with E-state index in [0.29, 0.717) is 0 Å². The first kappa shape index (κ1) is 12.9. The lowest BCUT2D eigenvalue weighted by Crippen LogP contribution is -2.36. The fraction of sp³-hybridized carbons (Fsp3) is 0.500. The Labute approximate surface area is 109 Å². The van der Waals surface area contributed by atoms with Gasteiger partial charge < -0.3 is 15.2 Å². The Morgan fingerprint density at radius 1 is 1.44 bits per heavy atom. The predicted octanol–water partition coefficient (Wildman–Crippen LogP) is 1.88. The number of thiophene rings is 1. The van der Waals surface area contributed by atoms with E-state index >= 15 is 0 Å². The molecule has 0 unspecified atom stereocenters. The van der Waals surface area contributed by atoms with Crippen molar-refractivity contribution in [1.29, 1.82) is 0 Å². The molecule has 1 heterocycles. The maximum Gasteiger partial charge on any atom is 0.349 e. The van der Waals surface area contributed by atoms with Crippen LogP contribution in [0.2, 0.25) is 0 Å². The Morgan fingerprint density at radius 2 is 2.17 bits per heavy atom. The summed E-state index contributed by atoms with van der Waals surface area (Å²) in [6.07, 6.45) is 4.34.